The van der Waals surface area contributed by atoms with Gasteiger partial charge in [-0.3, -0.25) is 19.6 Å². The molecule has 50 heavy (non-hydrogen) atoms. The lowest BCUT2D eigenvalue weighted by molar-refractivity contribution is 0.0985. The van der Waals surface area contributed by atoms with Crippen LogP contribution in [0.4, 0.5) is 5.69 Å². The van der Waals surface area contributed by atoms with Gasteiger partial charge in [0.05, 0.1) is 20.8 Å². The normalized spacial score (nSPS) is 17.1. The van der Waals surface area contributed by atoms with E-state index in [1.54, 1.807) is 38.7 Å². The van der Waals surface area contributed by atoms with E-state index in [0.717, 1.165) is 84.4 Å². The number of ether oxygens (including phenoxy) is 4. The van der Waals surface area contributed by atoms with Gasteiger partial charge in [0.25, 0.3) is 5.91 Å². The third-order valence-electron chi connectivity index (χ3n) is 9.87. The minimum Gasteiger partial charge on any atom is -0.496 e. The van der Waals surface area contributed by atoms with Crippen LogP contribution in [0.2, 0.25) is 0 Å². The van der Waals surface area contributed by atoms with Gasteiger partial charge >= 0.3 is 0 Å². The van der Waals surface area contributed by atoms with Gasteiger partial charge in [-0.2, -0.15) is 0 Å². The number of aryl methyl sites for hydroxylation is 1. The Morgan fingerprint density at radius 2 is 1.50 bits per heavy atom. The summed E-state index contributed by atoms with van der Waals surface area (Å²) in [6, 6.07) is 15.6. The first kappa shape index (κ1) is 35.2. The van der Waals surface area contributed by atoms with Gasteiger partial charge in [0.15, 0.2) is 5.78 Å². The Morgan fingerprint density at radius 1 is 0.820 bits per heavy atom. The predicted molar refractivity (Wildman–Crippen MR) is 192 cm³/mol. The number of Topliss-reactive ketones (excluding diaryl/α,β-unsaturated/α-hetero) is 1. The standard InChI is InChI=1S/C40H46N4O6/c1-25-28(17-37(45)35-18-39(48-4)30(22-42-35)21-41-31-14-16-50-24-31)7-5-8-32(25)33-9-6-10-34(26(33)2)44-40(46)36-19-38(47-3)29(20-43-36)12-11-27-13-15-49-23-27/h5-10,18-20,22,27,31,41H,11-17,21,23-24H2,1-4H3,(H,44,46)/t27-,31-/m1/s1. The molecule has 2 atom stereocenters. The van der Waals surface area contributed by atoms with Crippen molar-refractivity contribution in [2.24, 2.45) is 5.92 Å². The SMILES string of the molecule is COc1cc(C(=O)Nc2cccc(-c3cccc(CC(=O)c4cc(OC)c(CN[C@@H]5CCOC5)cn4)c3C)c2C)ncc1CC[C@@H]1CCOC1. The van der Waals surface area contributed by atoms with Crippen molar-refractivity contribution in [1.29, 1.82) is 0 Å². The Morgan fingerprint density at radius 3 is 2.24 bits per heavy atom. The lowest BCUT2D eigenvalue weighted by Crippen LogP contribution is -2.28. The summed E-state index contributed by atoms with van der Waals surface area (Å²) in [7, 11) is 3.23. The van der Waals surface area contributed by atoms with Crippen molar-refractivity contribution in [2.45, 2.75) is 58.5 Å². The molecule has 4 aromatic rings. The number of nitrogens with one attached hydrogen (secondary N) is 2. The molecule has 2 saturated heterocycles. The molecule has 0 radical (unpaired) electrons. The van der Waals surface area contributed by atoms with Gasteiger partial charge in [0.1, 0.15) is 22.9 Å². The fourth-order valence-electron chi connectivity index (χ4n) is 6.71. The number of anilines is 1. The van der Waals surface area contributed by atoms with Crippen LogP contribution in [0.5, 0.6) is 11.5 Å². The molecule has 0 unspecified atom stereocenters. The minimum atomic E-state index is -0.312. The summed E-state index contributed by atoms with van der Waals surface area (Å²) in [5.41, 5.74) is 7.98. The molecule has 0 bridgehead atoms. The van der Waals surface area contributed by atoms with Gasteiger partial charge < -0.3 is 29.6 Å². The molecular weight excluding hydrogens is 632 g/mol. The van der Waals surface area contributed by atoms with E-state index in [-0.39, 0.29) is 23.8 Å². The number of amides is 1. The number of aromatic nitrogens is 2. The van der Waals surface area contributed by atoms with E-state index in [4.69, 9.17) is 18.9 Å². The topological polar surface area (TPSA) is 121 Å². The number of hydrogen-bond acceptors (Lipinski definition) is 9. The molecule has 2 fully saturated rings. The summed E-state index contributed by atoms with van der Waals surface area (Å²) < 4.78 is 22.2. The highest BCUT2D eigenvalue weighted by Gasteiger charge is 2.21. The van der Waals surface area contributed by atoms with Crippen LogP contribution in [-0.4, -0.2) is 68.3 Å². The fourth-order valence-corrected chi connectivity index (χ4v) is 6.71. The summed E-state index contributed by atoms with van der Waals surface area (Å²) in [6.07, 6.45) is 7.53. The van der Waals surface area contributed by atoms with Gasteiger partial charge in [0, 0.05) is 80.2 Å². The van der Waals surface area contributed by atoms with Crippen LogP contribution in [-0.2, 0) is 28.9 Å². The Bertz CT molecular complexity index is 1700. The summed E-state index contributed by atoms with van der Waals surface area (Å²) in [5, 5.41) is 6.53. The minimum absolute atomic E-state index is 0.0912. The van der Waals surface area contributed by atoms with Crippen LogP contribution < -0.4 is 20.1 Å². The highest BCUT2D eigenvalue weighted by atomic mass is 16.5. The zero-order chi connectivity index (χ0) is 35.0. The second-order valence-electron chi connectivity index (χ2n) is 13.1. The second kappa shape index (κ2) is 16.4. The number of carbonyl (C=O) groups excluding carboxylic acids is 2. The van der Waals surface area contributed by atoms with Crippen LogP contribution in [0, 0.1) is 19.8 Å². The third-order valence-corrected chi connectivity index (χ3v) is 9.87. The number of nitrogens with zero attached hydrogens (tertiary/aromatic N) is 2. The van der Waals surface area contributed by atoms with E-state index in [0.29, 0.717) is 48.0 Å². The molecule has 0 aliphatic carbocycles. The first-order valence-corrected chi connectivity index (χ1v) is 17.3. The first-order chi connectivity index (χ1) is 24.3. The van der Waals surface area contributed by atoms with Crippen molar-refractivity contribution in [1.82, 2.24) is 15.3 Å². The van der Waals surface area contributed by atoms with E-state index >= 15 is 0 Å². The lowest BCUT2D eigenvalue weighted by Gasteiger charge is -2.17. The number of hydrogen-bond donors (Lipinski definition) is 2. The van der Waals surface area contributed by atoms with E-state index < -0.39 is 0 Å². The number of benzene rings is 2. The molecule has 2 aliphatic rings. The van der Waals surface area contributed by atoms with Gasteiger partial charge in [-0.15, -0.1) is 0 Å². The summed E-state index contributed by atoms with van der Waals surface area (Å²) >= 11 is 0. The van der Waals surface area contributed by atoms with Gasteiger partial charge in [-0.05, 0) is 79.3 Å². The number of ketones is 1. The Balaban J connectivity index is 1.14. The molecule has 10 heteroatoms. The maximum Gasteiger partial charge on any atom is 0.274 e. The molecule has 262 valence electrons. The average molecular weight is 679 g/mol. The molecule has 0 saturated carbocycles. The molecule has 2 N–H and O–H groups in total. The van der Waals surface area contributed by atoms with Crippen molar-refractivity contribution in [2.75, 3.05) is 46.0 Å². The molecule has 2 aromatic heterocycles. The molecule has 6 rings (SSSR count). The Kier molecular flexibility index (Phi) is 11.5. The van der Waals surface area contributed by atoms with Crippen LogP contribution >= 0.6 is 0 Å². The summed E-state index contributed by atoms with van der Waals surface area (Å²) in [4.78, 5) is 35.9. The van der Waals surface area contributed by atoms with Gasteiger partial charge in [0.2, 0.25) is 0 Å². The van der Waals surface area contributed by atoms with Crippen LogP contribution in [0.25, 0.3) is 11.1 Å². The van der Waals surface area contributed by atoms with Crippen molar-refractivity contribution in [3.8, 4) is 22.6 Å². The number of rotatable bonds is 14. The summed E-state index contributed by atoms with van der Waals surface area (Å²) in [5.74, 6) is 1.44. The quantitative estimate of drug-likeness (QED) is 0.148. The zero-order valence-corrected chi connectivity index (χ0v) is 29.3. The highest BCUT2D eigenvalue weighted by Crippen LogP contribution is 2.33. The molecule has 10 nitrogen and oxygen atoms in total. The van der Waals surface area contributed by atoms with Crippen molar-refractivity contribution in [3.05, 3.63) is 100 Å². The third kappa shape index (κ3) is 8.21. The second-order valence-corrected chi connectivity index (χ2v) is 13.1. The van der Waals surface area contributed by atoms with E-state index in [2.05, 4.69) is 20.6 Å². The highest BCUT2D eigenvalue weighted by molar-refractivity contribution is 6.04. The van der Waals surface area contributed by atoms with E-state index in [1.165, 1.54) is 0 Å². The number of pyridine rings is 2. The van der Waals surface area contributed by atoms with Gasteiger partial charge in [-0.1, -0.05) is 30.3 Å². The lowest BCUT2D eigenvalue weighted by atomic mass is 9.91. The molecule has 2 aliphatic heterocycles. The zero-order valence-electron chi connectivity index (χ0n) is 29.3. The maximum atomic E-state index is 13.5. The number of methoxy groups -OCH3 is 2. The average Bonchev–Trinajstić information content (AvgIpc) is 3.87. The Hall–Kier alpha value is -4.64. The predicted octanol–water partition coefficient (Wildman–Crippen LogP) is 6.30. The maximum absolute atomic E-state index is 13.5. The smallest absolute Gasteiger partial charge is 0.274 e. The molecule has 2 aromatic carbocycles. The molecular formula is C40H46N4O6. The van der Waals surface area contributed by atoms with Gasteiger partial charge in [-0.25, -0.2) is 0 Å². The number of carbonyl (C=O) groups is 2. The molecule has 4 heterocycles. The summed E-state index contributed by atoms with van der Waals surface area (Å²) in [6.45, 7) is 7.68. The fraction of sp³-hybridized carbons (Fsp3) is 0.400. The van der Waals surface area contributed by atoms with E-state index in [1.807, 2.05) is 50.2 Å². The van der Waals surface area contributed by atoms with Crippen molar-refractivity contribution >= 4 is 17.4 Å². The van der Waals surface area contributed by atoms with Crippen molar-refractivity contribution < 1.29 is 28.5 Å². The Labute approximate surface area is 293 Å². The first-order valence-electron chi connectivity index (χ1n) is 17.3. The molecule has 0 spiro atoms. The van der Waals surface area contributed by atoms with Crippen LogP contribution in [0.15, 0.2) is 60.9 Å². The largest absolute Gasteiger partial charge is 0.496 e. The van der Waals surface area contributed by atoms with Crippen LogP contribution in [0.1, 0.15) is 68.1 Å². The van der Waals surface area contributed by atoms with E-state index in [9.17, 15) is 9.59 Å². The van der Waals surface area contributed by atoms with Crippen molar-refractivity contribution in [3.63, 3.8) is 0 Å². The monoisotopic (exact) mass is 678 g/mol. The van der Waals surface area contributed by atoms with Crippen LogP contribution in [0.3, 0.4) is 0 Å². The molecule has 1 amide bonds.